The minimum Gasteiger partial charge on any atom is -0.393 e. The second-order valence-corrected chi connectivity index (χ2v) is 6.38. The molecule has 0 aromatic carbocycles. The molecule has 0 aromatic heterocycles. The third-order valence-electron chi connectivity index (χ3n) is 4.15. The van der Waals surface area contributed by atoms with Gasteiger partial charge in [0.05, 0.1) is 6.10 Å². The van der Waals surface area contributed by atoms with Crippen molar-refractivity contribution >= 4 is 0 Å². The predicted octanol–water partition coefficient (Wildman–Crippen LogP) is 4.00. The number of hydrogen-bond acceptors (Lipinski definition) is 1. The minimum absolute atomic E-state index is 0.00374. The molecule has 0 saturated heterocycles. The Morgan fingerprint density at radius 3 is 2.07 bits per heavy atom. The molecule has 0 amide bonds. The van der Waals surface area contributed by atoms with E-state index >= 15 is 0 Å². The summed E-state index contributed by atoms with van der Waals surface area (Å²) in [5.74, 6) is 1.72. The van der Waals surface area contributed by atoms with E-state index in [9.17, 15) is 5.11 Å². The Morgan fingerprint density at radius 2 is 1.67 bits per heavy atom. The highest BCUT2D eigenvalue weighted by Crippen LogP contribution is 2.38. The van der Waals surface area contributed by atoms with Crippen molar-refractivity contribution in [2.24, 2.45) is 17.3 Å². The third kappa shape index (κ3) is 4.14. The Balaban J connectivity index is 2.39. The van der Waals surface area contributed by atoms with Crippen LogP contribution in [0.3, 0.4) is 0 Å². The number of aliphatic hydroxyl groups excluding tert-OH is 1. The van der Waals surface area contributed by atoms with Crippen LogP contribution < -0.4 is 0 Å². The molecular weight excluding hydrogens is 184 g/mol. The van der Waals surface area contributed by atoms with Crippen molar-refractivity contribution in [2.45, 2.75) is 72.3 Å². The molecule has 0 bridgehead atoms. The van der Waals surface area contributed by atoms with E-state index in [1.807, 2.05) is 0 Å². The molecule has 90 valence electrons. The smallest absolute Gasteiger partial charge is 0.0540 e. The van der Waals surface area contributed by atoms with Crippen molar-refractivity contribution in [3.05, 3.63) is 0 Å². The number of hydrogen-bond donors (Lipinski definition) is 1. The minimum atomic E-state index is -0.00374. The molecule has 0 aromatic rings. The van der Waals surface area contributed by atoms with Gasteiger partial charge in [-0.05, 0) is 49.4 Å². The molecule has 0 spiro atoms. The zero-order valence-corrected chi connectivity index (χ0v) is 10.9. The van der Waals surface area contributed by atoms with E-state index in [0.717, 1.165) is 24.7 Å². The number of rotatable bonds is 3. The average Bonchev–Trinajstić information content (AvgIpc) is 2.15. The van der Waals surface area contributed by atoms with E-state index < -0.39 is 0 Å². The molecule has 1 aliphatic rings. The molecule has 1 atom stereocenters. The molecule has 1 unspecified atom stereocenters. The van der Waals surface area contributed by atoms with E-state index in [1.54, 1.807) is 0 Å². The van der Waals surface area contributed by atoms with Crippen LogP contribution in [0.15, 0.2) is 0 Å². The first-order chi connectivity index (χ1) is 6.93. The normalized spacial score (nSPS) is 30.2. The summed E-state index contributed by atoms with van der Waals surface area (Å²) < 4.78 is 0. The summed E-state index contributed by atoms with van der Waals surface area (Å²) in [7, 11) is 0. The van der Waals surface area contributed by atoms with Crippen molar-refractivity contribution in [3.63, 3.8) is 0 Å². The van der Waals surface area contributed by atoms with Gasteiger partial charge in [0.2, 0.25) is 0 Å². The molecule has 1 aliphatic carbocycles. The molecule has 1 fully saturated rings. The van der Waals surface area contributed by atoms with Gasteiger partial charge >= 0.3 is 0 Å². The summed E-state index contributed by atoms with van der Waals surface area (Å²) in [4.78, 5) is 0. The first kappa shape index (κ1) is 13.0. The van der Waals surface area contributed by atoms with Crippen molar-refractivity contribution in [1.82, 2.24) is 0 Å². The maximum atomic E-state index is 9.48. The molecule has 1 rings (SSSR count). The van der Waals surface area contributed by atoms with Crippen molar-refractivity contribution in [3.8, 4) is 0 Å². The quantitative estimate of drug-likeness (QED) is 0.749. The Kier molecular flexibility index (Phi) is 4.64. The molecule has 1 nitrogen and oxygen atoms in total. The first-order valence-corrected chi connectivity index (χ1v) is 6.61. The second-order valence-electron chi connectivity index (χ2n) is 6.38. The van der Waals surface area contributed by atoms with Gasteiger partial charge in [-0.2, -0.15) is 0 Å². The molecule has 1 heteroatoms. The van der Waals surface area contributed by atoms with Gasteiger partial charge in [0.25, 0.3) is 0 Å². The summed E-state index contributed by atoms with van der Waals surface area (Å²) in [5, 5.41) is 9.48. The van der Waals surface area contributed by atoms with Gasteiger partial charge < -0.3 is 5.11 Å². The number of aliphatic hydroxyl groups is 1. The molecule has 0 heterocycles. The van der Waals surface area contributed by atoms with Gasteiger partial charge in [-0.3, -0.25) is 0 Å². The highest BCUT2D eigenvalue weighted by Gasteiger charge is 2.28. The van der Waals surface area contributed by atoms with Crippen LogP contribution in [-0.2, 0) is 0 Å². The summed E-state index contributed by atoms with van der Waals surface area (Å²) >= 11 is 0. The van der Waals surface area contributed by atoms with Gasteiger partial charge in [-0.15, -0.1) is 0 Å². The van der Waals surface area contributed by atoms with E-state index in [1.165, 1.54) is 25.7 Å². The highest BCUT2D eigenvalue weighted by molar-refractivity contribution is 4.79. The Morgan fingerprint density at radius 1 is 1.13 bits per heavy atom. The summed E-state index contributed by atoms with van der Waals surface area (Å²) in [5.41, 5.74) is 0.449. The lowest BCUT2D eigenvalue weighted by atomic mass is 9.71. The Labute approximate surface area is 95.3 Å². The van der Waals surface area contributed by atoms with Crippen LogP contribution in [0.4, 0.5) is 0 Å². The standard InChI is InChI=1S/C14H28O/c1-5-12(14(2,3)4)10-11-6-8-13(15)9-7-11/h11-13,15H,5-10H2,1-4H3. The second kappa shape index (κ2) is 5.34. The van der Waals surface area contributed by atoms with E-state index in [-0.39, 0.29) is 6.10 Å². The van der Waals surface area contributed by atoms with Crippen LogP contribution in [0.1, 0.15) is 66.2 Å². The molecular formula is C14H28O. The lowest BCUT2D eigenvalue weighted by Gasteiger charge is -2.35. The van der Waals surface area contributed by atoms with Crippen LogP contribution in [0, 0.1) is 17.3 Å². The van der Waals surface area contributed by atoms with Crippen molar-refractivity contribution < 1.29 is 5.11 Å². The van der Waals surface area contributed by atoms with Gasteiger partial charge in [0.15, 0.2) is 0 Å². The Bertz CT molecular complexity index is 172. The maximum Gasteiger partial charge on any atom is 0.0540 e. The molecule has 1 N–H and O–H groups in total. The molecule has 0 radical (unpaired) electrons. The maximum absolute atomic E-state index is 9.48. The molecule has 0 aliphatic heterocycles. The van der Waals surface area contributed by atoms with Gasteiger partial charge in [0, 0.05) is 0 Å². The monoisotopic (exact) mass is 212 g/mol. The van der Waals surface area contributed by atoms with Crippen LogP contribution >= 0.6 is 0 Å². The van der Waals surface area contributed by atoms with Gasteiger partial charge in [-0.25, -0.2) is 0 Å². The fourth-order valence-electron chi connectivity index (χ4n) is 2.92. The largest absolute Gasteiger partial charge is 0.393 e. The van der Waals surface area contributed by atoms with Crippen LogP contribution in [-0.4, -0.2) is 11.2 Å². The van der Waals surface area contributed by atoms with Gasteiger partial charge in [-0.1, -0.05) is 34.1 Å². The third-order valence-corrected chi connectivity index (χ3v) is 4.15. The topological polar surface area (TPSA) is 20.2 Å². The average molecular weight is 212 g/mol. The fourth-order valence-corrected chi connectivity index (χ4v) is 2.92. The Hall–Kier alpha value is -0.0400. The lowest BCUT2D eigenvalue weighted by Crippen LogP contribution is -2.26. The van der Waals surface area contributed by atoms with Crippen molar-refractivity contribution in [2.75, 3.05) is 0 Å². The summed E-state index contributed by atoms with van der Waals surface area (Å²) in [6.45, 7) is 9.39. The SMILES string of the molecule is CCC(CC1CCC(O)CC1)C(C)(C)C. The molecule has 15 heavy (non-hydrogen) atoms. The van der Waals surface area contributed by atoms with Crippen LogP contribution in [0.2, 0.25) is 0 Å². The predicted molar refractivity (Wildman–Crippen MR) is 65.8 cm³/mol. The van der Waals surface area contributed by atoms with Gasteiger partial charge in [0.1, 0.15) is 0 Å². The van der Waals surface area contributed by atoms with E-state index in [0.29, 0.717) is 5.41 Å². The van der Waals surface area contributed by atoms with E-state index in [4.69, 9.17) is 0 Å². The first-order valence-electron chi connectivity index (χ1n) is 6.61. The summed E-state index contributed by atoms with van der Waals surface area (Å²) in [6, 6.07) is 0. The summed E-state index contributed by atoms with van der Waals surface area (Å²) in [6.07, 6.45) is 7.21. The fraction of sp³-hybridized carbons (Fsp3) is 1.00. The van der Waals surface area contributed by atoms with Crippen LogP contribution in [0.5, 0.6) is 0 Å². The zero-order valence-electron chi connectivity index (χ0n) is 10.9. The van der Waals surface area contributed by atoms with Crippen LogP contribution in [0.25, 0.3) is 0 Å². The van der Waals surface area contributed by atoms with Crippen molar-refractivity contribution in [1.29, 1.82) is 0 Å². The lowest BCUT2D eigenvalue weighted by molar-refractivity contribution is 0.0893. The zero-order chi connectivity index (χ0) is 11.5. The van der Waals surface area contributed by atoms with E-state index in [2.05, 4.69) is 27.7 Å². The molecule has 1 saturated carbocycles. The highest BCUT2D eigenvalue weighted by atomic mass is 16.3.